The third kappa shape index (κ3) is 2.05. The second-order valence-corrected chi connectivity index (χ2v) is 7.20. The van der Waals surface area contributed by atoms with Crippen LogP contribution in [0.2, 0.25) is 0 Å². The quantitative estimate of drug-likeness (QED) is 0.790. The second-order valence-electron chi connectivity index (χ2n) is 4.70. The summed E-state index contributed by atoms with van der Waals surface area (Å²) in [4.78, 5) is 0. The first kappa shape index (κ1) is 12.9. The van der Waals surface area contributed by atoms with Gasteiger partial charge in [-0.15, -0.1) is 0 Å². The van der Waals surface area contributed by atoms with E-state index in [0.29, 0.717) is 12.8 Å². The van der Waals surface area contributed by atoms with Crippen LogP contribution in [0.15, 0.2) is 0 Å². The lowest BCUT2D eigenvalue weighted by Gasteiger charge is -2.41. The fourth-order valence-corrected chi connectivity index (χ4v) is 4.46. The summed E-state index contributed by atoms with van der Waals surface area (Å²) in [6, 6.07) is -0.301. The molecule has 0 radical (unpaired) electrons. The molecule has 0 aromatic rings. The van der Waals surface area contributed by atoms with Gasteiger partial charge in [-0.25, -0.2) is 12.7 Å². The predicted octanol–water partition coefficient (Wildman–Crippen LogP) is 0.928. The molecule has 90 valence electrons. The van der Waals surface area contributed by atoms with E-state index >= 15 is 0 Å². The summed E-state index contributed by atoms with van der Waals surface area (Å²) in [7, 11) is -0.0698. The summed E-state index contributed by atoms with van der Waals surface area (Å²) >= 11 is 0. The lowest BCUT2D eigenvalue weighted by molar-refractivity contribution is 0.319. The van der Waals surface area contributed by atoms with Gasteiger partial charge in [0.15, 0.2) is 0 Å². The molecule has 15 heavy (non-hydrogen) atoms. The molecule has 1 unspecified atom stereocenters. The van der Waals surface area contributed by atoms with Crippen LogP contribution in [-0.2, 0) is 10.0 Å². The maximum atomic E-state index is 12.3. The summed E-state index contributed by atoms with van der Waals surface area (Å²) in [5.74, 6) is 0. The Morgan fingerprint density at radius 3 is 2.00 bits per heavy atom. The van der Waals surface area contributed by atoms with E-state index in [4.69, 9.17) is 5.73 Å². The summed E-state index contributed by atoms with van der Waals surface area (Å²) < 4.78 is 25.2. The first-order chi connectivity index (χ1) is 6.84. The third-order valence-electron chi connectivity index (χ3n) is 3.52. The van der Waals surface area contributed by atoms with E-state index in [0.717, 1.165) is 19.3 Å². The van der Waals surface area contributed by atoms with Crippen molar-refractivity contribution in [1.29, 1.82) is 0 Å². The topological polar surface area (TPSA) is 63.4 Å². The highest BCUT2D eigenvalue weighted by Crippen LogP contribution is 2.38. The lowest BCUT2D eigenvalue weighted by Crippen LogP contribution is -2.57. The van der Waals surface area contributed by atoms with E-state index < -0.39 is 14.8 Å². The molecule has 5 heteroatoms. The van der Waals surface area contributed by atoms with Crippen molar-refractivity contribution in [3.05, 3.63) is 0 Å². The van der Waals surface area contributed by atoms with Gasteiger partial charge in [-0.2, -0.15) is 0 Å². The van der Waals surface area contributed by atoms with Crippen molar-refractivity contribution in [3.63, 3.8) is 0 Å². The molecule has 1 atom stereocenters. The molecule has 1 fully saturated rings. The van der Waals surface area contributed by atoms with E-state index in [2.05, 4.69) is 0 Å². The Balaban J connectivity index is 3.11. The Bertz CT molecular complexity index is 303. The summed E-state index contributed by atoms with van der Waals surface area (Å²) in [6.45, 7) is 1.81. The summed E-state index contributed by atoms with van der Waals surface area (Å²) in [6.07, 6.45) is 4.46. The molecule has 0 aliphatic heterocycles. The highest BCUT2D eigenvalue weighted by atomic mass is 32.2. The average molecular weight is 234 g/mol. The van der Waals surface area contributed by atoms with Gasteiger partial charge in [-0.3, -0.25) is 0 Å². The zero-order chi connectivity index (χ0) is 11.7. The van der Waals surface area contributed by atoms with Gasteiger partial charge in [0, 0.05) is 20.1 Å². The van der Waals surface area contributed by atoms with Crippen molar-refractivity contribution in [1.82, 2.24) is 4.31 Å². The maximum Gasteiger partial charge on any atom is 0.220 e. The van der Waals surface area contributed by atoms with E-state index in [9.17, 15) is 8.42 Å². The number of nitrogens with two attached hydrogens (primary N) is 1. The number of nitrogens with zero attached hydrogens (tertiary/aromatic N) is 1. The van der Waals surface area contributed by atoms with Crippen LogP contribution >= 0.6 is 0 Å². The fourth-order valence-electron chi connectivity index (χ4n) is 2.46. The zero-order valence-electron chi connectivity index (χ0n) is 9.86. The maximum absolute atomic E-state index is 12.3. The Morgan fingerprint density at radius 1 is 1.20 bits per heavy atom. The molecule has 4 nitrogen and oxygen atoms in total. The number of rotatable bonds is 3. The Kier molecular flexibility index (Phi) is 3.79. The van der Waals surface area contributed by atoms with Crippen LogP contribution in [0.1, 0.15) is 39.0 Å². The van der Waals surface area contributed by atoms with Gasteiger partial charge in [0.05, 0.1) is 0 Å². The first-order valence-electron chi connectivity index (χ1n) is 5.52. The van der Waals surface area contributed by atoms with Gasteiger partial charge in [0.2, 0.25) is 10.0 Å². The smallest absolute Gasteiger partial charge is 0.220 e. The fraction of sp³-hybridized carbons (Fsp3) is 1.00. The van der Waals surface area contributed by atoms with Gasteiger partial charge >= 0.3 is 0 Å². The van der Waals surface area contributed by atoms with Gasteiger partial charge in [0.25, 0.3) is 0 Å². The first-order valence-corrected chi connectivity index (χ1v) is 6.96. The Hall–Kier alpha value is -0.130. The van der Waals surface area contributed by atoms with Crippen molar-refractivity contribution in [2.45, 2.75) is 49.8 Å². The molecule has 0 amide bonds. The largest absolute Gasteiger partial charge is 0.326 e. The van der Waals surface area contributed by atoms with Crippen LogP contribution in [0.25, 0.3) is 0 Å². The van der Waals surface area contributed by atoms with Gasteiger partial charge in [0.1, 0.15) is 4.75 Å². The minimum absolute atomic E-state index is 0.301. The van der Waals surface area contributed by atoms with E-state index in [1.54, 1.807) is 14.1 Å². The molecule has 1 aliphatic rings. The van der Waals surface area contributed by atoms with Crippen molar-refractivity contribution >= 4 is 10.0 Å². The second kappa shape index (κ2) is 4.39. The Labute approximate surface area is 92.9 Å². The SMILES string of the molecule is CC(N)C1(S(=O)(=O)N(C)C)CCCCC1. The number of hydrogen-bond donors (Lipinski definition) is 1. The minimum Gasteiger partial charge on any atom is -0.326 e. The molecule has 2 N–H and O–H groups in total. The molecule has 1 saturated carbocycles. The molecule has 0 aromatic carbocycles. The molecular formula is C10H22N2O2S. The van der Waals surface area contributed by atoms with E-state index in [1.807, 2.05) is 6.92 Å². The molecule has 0 bridgehead atoms. The van der Waals surface area contributed by atoms with Gasteiger partial charge in [-0.1, -0.05) is 19.3 Å². The standard InChI is InChI=1S/C10H22N2O2S/c1-9(11)10(7-5-4-6-8-10)15(13,14)12(2)3/h9H,4-8,11H2,1-3H3. The number of hydrogen-bond acceptors (Lipinski definition) is 3. The number of sulfonamides is 1. The van der Waals surface area contributed by atoms with Crippen LogP contribution < -0.4 is 5.73 Å². The van der Waals surface area contributed by atoms with Crippen molar-refractivity contribution in [2.75, 3.05) is 14.1 Å². The Morgan fingerprint density at radius 2 is 1.67 bits per heavy atom. The summed E-state index contributed by atoms with van der Waals surface area (Å²) in [5.41, 5.74) is 5.92. The van der Waals surface area contributed by atoms with Gasteiger partial charge < -0.3 is 5.73 Å². The predicted molar refractivity (Wildman–Crippen MR) is 62.1 cm³/mol. The molecule has 1 aliphatic carbocycles. The highest BCUT2D eigenvalue weighted by molar-refractivity contribution is 7.90. The molecule has 0 heterocycles. The van der Waals surface area contributed by atoms with Gasteiger partial charge in [-0.05, 0) is 19.8 Å². The lowest BCUT2D eigenvalue weighted by atomic mass is 9.84. The van der Waals surface area contributed by atoms with E-state index in [1.165, 1.54) is 4.31 Å². The molecule has 0 spiro atoms. The van der Waals surface area contributed by atoms with Crippen LogP contribution in [0.5, 0.6) is 0 Å². The average Bonchev–Trinajstić information content (AvgIpc) is 2.18. The van der Waals surface area contributed by atoms with Crippen LogP contribution in [0.3, 0.4) is 0 Å². The molecule has 0 saturated heterocycles. The van der Waals surface area contributed by atoms with Crippen molar-refractivity contribution in [2.24, 2.45) is 5.73 Å². The highest BCUT2D eigenvalue weighted by Gasteiger charge is 2.48. The van der Waals surface area contributed by atoms with E-state index in [-0.39, 0.29) is 6.04 Å². The molecular weight excluding hydrogens is 212 g/mol. The third-order valence-corrected chi connectivity index (χ3v) is 6.29. The van der Waals surface area contributed by atoms with Crippen LogP contribution in [-0.4, -0.2) is 37.6 Å². The van der Waals surface area contributed by atoms with Crippen LogP contribution in [0, 0.1) is 0 Å². The summed E-state index contributed by atoms with van der Waals surface area (Å²) in [5, 5.41) is 0. The van der Waals surface area contributed by atoms with Crippen molar-refractivity contribution in [3.8, 4) is 0 Å². The molecule has 0 aromatic heterocycles. The monoisotopic (exact) mass is 234 g/mol. The molecule has 1 rings (SSSR count). The minimum atomic E-state index is -3.25. The zero-order valence-corrected chi connectivity index (χ0v) is 10.7. The normalized spacial score (nSPS) is 24.1. The van der Waals surface area contributed by atoms with Crippen LogP contribution in [0.4, 0.5) is 0 Å². The van der Waals surface area contributed by atoms with Crippen molar-refractivity contribution < 1.29 is 8.42 Å².